The number of nitrogens with zero attached hydrogens (tertiary/aromatic N) is 2. The lowest BCUT2D eigenvalue weighted by Crippen LogP contribution is -2.38. The molecule has 0 aliphatic rings. The number of hydrogen-bond donors (Lipinski definition) is 1. The Balaban J connectivity index is 1.94. The van der Waals surface area contributed by atoms with E-state index in [0.717, 1.165) is 16.8 Å². The van der Waals surface area contributed by atoms with Gasteiger partial charge < -0.3 is 10.2 Å². The zero-order chi connectivity index (χ0) is 17.5. The van der Waals surface area contributed by atoms with Crippen molar-refractivity contribution in [2.75, 3.05) is 12.4 Å². The minimum absolute atomic E-state index is 0.0830. The predicted octanol–water partition coefficient (Wildman–Crippen LogP) is 3.35. The largest absolute Gasteiger partial charge is 0.374 e. The lowest BCUT2D eigenvalue weighted by molar-refractivity contribution is -0.130. The zero-order valence-corrected chi connectivity index (χ0v) is 13.8. The van der Waals surface area contributed by atoms with E-state index in [1.54, 1.807) is 31.0 Å². The Labute approximate surface area is 141 Å². The van der Waals surface area contributed by atoms with E-state index < -0.39 is 6.04 Å². The first-order valence-electron chi connectivity index (χ1n) is 7.71. The van der Waals surface area contributed by atoms with Gasteiger partial charge in [0.15, 0.2) is 0 Å². The van der Waals surface area contributed by atoms with Crippen molar-refractivity contribution in [2.45, 2.75) is 25.9 Å². The quantitative estimate of drug-likeness (QED) is 0.886. The van der Waals surface area contributed by atoms with Crippen molar-refractivity contribution < 1.29 is 9.18 Å². The standard InChI is InChI=1S/C19H20FN3O/c1-14(22-18-8-6-15(7-9-18)10-11-21)19(24)23(2)13-16-4-3-5-17(20)12-16/h3-9,12,14,22H,10,13H2,1-2H3. The molecule has 1 atom stereocenters. The van der Waals surface area contributed by atoms with Crippen LogP contribution in [-0.4, -0.2) is 23.9 Å². The zero-order valence-electron chi connectivity index (χ0n) is 13.8. The normalized spacial score (nSPS) is 11.4. The fourth-order valence-electron chi connectivity index (χ4n) is 2.44. The molecule has 0 aliphatic carbocycles. The topological polar surface area (TPSA) is 56.1 Å². The minimum Gasteiger partial charge on any atom is -0.374 e. The molecule has 0 heterocycles. The average Bonchev–Trinajstić information content (AvgIpc) is 2.56. The molecule has 1 N–H and O–H groups in total. The highest BCUT2D eigenvalue weighted by atomic mass is 19.1. The number of anilines is 1. The Hall–Kier alpha value is -2.87. The van der Waals surface area contributed by atoms with Crippen molar-refractivity contribution in [1.82, 2.24) is 4.90 Å². The number of halogens is 1. The second-order valence-electron chi connectivity index (χ2n) is 5.72. The van der Waals surface area contributed by atoms with Gasteiger partial charge in [-0.2, -0.15) is 5.26 Å². The van der Waals surface area contributed by atoms with Crippen LogP contribution in [0.5, 0.6) is 0 Å². The second-order valence-corrected chi connectivity index (χ2v) is 5.72. The average molecular weight is 325 g/mol. The number of amides is 1. The van der Waals surface area contributed by atoms with Crippen molar-refractivity contribution in [3.05, 3.63) is 65.5 Å². The number of rotatable bonds is 6. The molecule has 0 fully saturated rings. The van der Waals surface area contributed by atoms with Gasteiger partial charge in [0, 0.05) is 19.3 Å². The molecule has 4 nitrogen and oxygen atoms in total. The fourth-order valence-corrected chi connectivity index (χ4v) is 2.44. The van der Waals surface area contributed by atoms with E-state index >= 15 is 0 Å². The molecular formula is C19H20FN3O. The van der Waals surface area contributed by atoms with Gasteiger partial charge in [-0.25, -0.2) is 4.39 Å². The smallest absolute Gasteiger partial charge is 0.244 e. The van der Waals surface area contributed by atoms with Crippen LogP contribution >= 0.6 is 0 Å². The van der Waals surface area contributed by atoms with Crippen LogP contribution in [-0.2, 0) is 17.8 Å². The number of benzene rings is 2. The number of carbonyl (C=O) groups is 1. The second kappa shape index (κ2) is 8.11. The Morgan fingerprint density at radius 1 is 1.25 bits per heavy atom. The van der Waals surface area contributed by atoms with E-state index in [4.69, 9.17) is 5.26 Å². The van der Waals surface area contributed by atoms with Gasteiger partial charge in [0.05, 0.1) is 12.5 Å². The van der Waals surface area contributed by atoms with E-state index in [0.29, 0.717) is 13.0 Å². The summed E-state index contributed by atoms with van der Waals surface area (Å²) < 4.78 is 13.2. The lowest BCUT2D eigenvalue weighted by Gasteiger charge is -2.23. The maximum absolute atomic E-state index is 13.2. The van der Waals surface area contributed by atoms with Crippen LogP contribution in [0.15, 0.2) is 48.5 Å². The summed E-state index contributed by atoms with van der Waals surface area (Å²) in [5.74, 6) is -0.391. The van der Waals surface area contributed by atoms with E-state index in [2.05, 4.69) is 11.4 Å². The molecule has 5 heteroatoms. The van der Waals surface area contributed by atoms with Gasteiger partial charge in [-0.05, 0) is 42.3 Å². The number of nitriles is 1. The first-order chi connectivity index (χ1) is 11.5. The van der Waals surface area contributed by atoms with Crippen LogP contribution in [0.25, 0.3) is 0 Å². The first-order valence-corrected chi connectivity index (χ1v) is 7.71. The Morgan fingerprint density at radius 3 is 2.58 bits per heavy atom. The van der Waals surface area contributed by atoms with Crippen LogP contribution in [0.4, 0.5) is 10.1 Å². The van der Waals surface area contributed by atoms with Crippen LogP contribution in [0.1, 0.15) is 18.1 Å². The third kappa shape index (κ3) is 4.82. The molecule has 1 unspecified atom stereocenters. The van der Waals surface area contributed by atoms with E-state index in [9.17, 15) is 9.18 Å². The SMILES string of the molecule is CC(Nc1ccc(CC#N)cc1)C(=O)N(C)Cc1cccc(F)c1. The Bertz CT molecular complexity index is 737. The highest BCUT2D eigenvalue weighted by Gasteiger charge is 2.17. The fraction of sp³-hybridized carbons (Fsp3) is 0.263. The van der Waals surface area contributed by atoms with Gasteiger partial charge in [0.2, 0.25) is 5.91 Å². The summed E-state index contributed by atoms with van der Waals surface area (Å²) in [6, 6.07) is 15.3. The van der Waals surface area contributed by atoms with Gasteiger partial charge in [-0.3, -0.25) is 4.79 Å². The maximum Gasteiger partial charge on any atom is 0.244 e. The summed E-state index contributed by atoms with van der Waals surface area (Å²) in [5, 5.41) is 11.8. The summed E-state index contributed by atoms with van der Waals surface area (Å²) in [4.78, 5) is 14.0. The van der Waals surface area contributed by atoms with Gasteiger partial charge in [0.25, 0.3) is 0 Å². The lowest BCUT2D eigenvalue weighted by atomic mass is 10.1. The van der Waals surface area contributed by atoms with Gasteiger partial charge in [-0.1, -0.05) is 24.3 Å². The molecule has 2 aromatic carbocycles. The summed E-state index contributed by atoms with van der Waals surface area (Å²) in [6.07, 6.45) is 0.366. The van der Waals surface area contributed by atoms with E-state index in [-0.39, 0.29) is 11.7 Å². The molecular weight excluding hydrogens is 305 g/mol. The molecule has 0 radical (unpaired) electrons. The monoisotopic (exact) mass is 325 g/mol. The molecule has 24 heavy (non-hydrogen) atoms. The molecule has 0 spiro atoms. The Kier molecular flexibility index (Phi) is 5.91. The molecule has 0 saturated heterocycles. The number of likely N-dealkylation sites (N-methyl/N-ethyl adjacent to an activating group) is 1. The minimum atomic E-state index is -0.412. The van der Waals surface area contributed by atoms with Crippen molar-refractivity contribution in [1.29, 1.82) is 5.26 Å². The van der Waals surface area contributed by atoms with Crippen LogP contribution in [0.2, 0.25) is 0 Å². The number of hydrogen-bond acceptors (Lipinski definition) is 3. The predicted molar refractivity (Wildman–Crippen MR) is 91.7 cm³/mol. The van der Waals surface area contributed by atoms with Crippen molar-refractivity contribution in [2.24, 2.45) is 0 Å². The first kappa shape index (κ1) is 17.5. The molecule has 124 valence electrons. The number of nitrogens with one attached hydrogen (secondary N) is 1. The Morgan fingerprint density at radius 2 is 1.96 bits per heavy atom. The molecule has 1 amide bonds. The van der Waals surface area contributed by atoms with Crippen LogP contribution in [0.3, 0.4) is 0 Å². The molecule has 2 aromatic rings. The summed E-state index contributed by atoms with van der Waals surface area (Å²) in [5.41, 5.74) is 2.50. The van der Waals surface area contributed by atoms with Gasteiger partial charge in [0.1, 0.15) is 11.9 Å². The summed E-state index contributed by atoms with van der Waals surface area (Å²) in [7, 11) is 1.70. The number of carbonyl (C=O) groups excluding carboxylic acids is 1. The van der Waals surface area contributed by atoms with Crippen LogP contribution in [0, 0.1) is 17.1 Å². The molecule has 0 aliphatic heterocycles. The molecule has 0 aromatic heterocycles. The summed E-state index contributed by atoms with van der Waals surface area (Å²) in [6.45, 7) is 2.14. The van der Waals surface area contributed by atoms with E-state index in [1.165, 1.54) is 12.1 Å². The highest BCUT2D eigenvalue weighted by molar-refractivity contribution is 5.84. The van der Waals surface area contributed by atoms with Crippen molar-refractivity contribution in [3.63, 3.8) is 0 Å². The summed E-state index contributed by atoms with van der Waals surface area (Å²) >= 11 is 0. The third-order valence-corrected chi connectivity index (χ3v) is 3.68. The molecule has 2 rings (SSSR count). The van der Waals surface area contributed by atoms with Gasteiger partial charge in [-0.15, -0.1) is 0 Å². The molecule has 0 saturated carbocycles. The third-order valence-electron chi connectivity index (χ3n) is 3.68. The van der Waals surface area contributed by atoms with E-state index in [1.807, 2.05) is 24.3 Å². The van der Waals surface area contributed by atoms with Gasteiger partial charge >= 0.3 is 0 Å². The highest BCUT2D eigenvalue weighted by Crippen LogP contribution is 2.13. The molecule has 0 bridgehead atoms. The van der Waals surface area contributed by atoms with Crippen LogP contribution < -0.4 is 5.32 Å². The van der Waals surface area contributed by atoms with Crippen molar-refractivity contribution in [3.8, 4) is 6.07 Å². The van der Waals surface area contributed by atoms with Crippen molar-refractivity contribution >= 4 is 11.6 Å². The maximum atomic E-state index is 13.2.